The highest BCUT2D eigenvalue weighted by Gasteiger charge is 2.13. The van der Waals surface area contributed by atoms with Gasteiger partial charge in [0, 0.05) is 11.1 Å². The number of carbonyl (C=O) groups is 1. The van der Waals surface area contributed by atoms with Gasteiger partial charge in [0.05, 0.1) is 18.9 Å². The minimum atomic E-state index is -0.311. The van der Waals surface area contributed by atoms with Gasteiger partial charge in [0.1, 0.15) is 11.6 Å². The van der Waals surface area contributed by atoms with Gasteiger partial charge in [-0.05, 0) is 18.2 Å². The van der Waals surface area contributed by atoms with E-state index in [2.05, 4.69) is 15.5 Å². The molecule has 0 fully saturated rings. The average molecular weight is 252 g/mol. The maximum atomic E-state index is 11.9. The zero-order chi connectivity index (χ0) is 12.3. The summed E-state index contributed by atoms with van der Waals surface area (Å²) < 4.78 is 5.10. The number of halogens is 1. The lowest BCUT2D eigenvalue weighted by Crippen LogP contribution is -2.13. The van der Waals surface area contributed by atoms with Crippen molar-refractivity contribution >= 4 is 23.3 Å². The molecule has 0 spiro atoms. The van der Waals surface area contributed by atoms with Crippen molar-refractivity contribution in [1.29, 1.82) is 0 Å². The van der Waals surface area contributed by atoms with Crippen LogP contribution in [0, 0.1) is 0 Å². The van der Waals surface area contributed by atoms with Gasteiger partial charge >= 0.3 is 0 Å². The fourth-order valence-corrected chi connectivity index (χ4v) is 1.54. The molecular weight excluding hydrogens is 242 g/mol. The first kappa shape index (κ1) is 11.5. The van der Waals surface area contributed by atoms with Crippen LogP contribution in [0.4, 0.5) is 5.82 Å². The summed E-state index contributed by atoms with van der Waals surface area (Å²) in [6, 6.07) is 6.50. The lowest BCUT2D eigenvalue weighted by atomic mass is 10.2. The Morgan fingerprint density at radius 2 is 2.29 bits per heavy atom. The van der Waals surface area contributed by atoms with E-state index in [1.54, 1.807) is 30.5 Å². The van der Waals surface area contributed by atoms with Crippen molar-refractivity contribution in [2.24, 2.45) is 0 Å². The predicted molar refractivity (Wildman–Crippen MR) is 64.5 cm³/mol. The first-order chi connectivity index (χ1) is 8.20. The minimum absolute atomic E-state index is 0.311. The molecule has 1 aromatic carbocycles. The van der Waals surface area contributed by atoms with E-state index < -0.39 is 0 Å². The molecule has 5 nitrogen and oxygen atoms in total. The van der Waals surface area contributed by atoms with Crippen molar-refractivity contribution in [2.75, 3.05) is 12.4 Å². The molecule has 0 aliphatic heterocycles. The Morgan fingerprint density at radius 1 is 1.47 bits per heavy atom. The highest BCUT2D eigenvalue weighted by molar-refractivity contribution is 6.31. The van der Waals surface area contributed by atoms with Gasteiger partial charge in [-0.15, -0.1) is 0 Å². The van der Waals surface area contributed by atoms with Crippen molar-refractivity contribution in [3.8, 4) is 5.75 Å². The lowest BCUT2D eigenvalue weighted by Gasteiger charge is -2.08. The molecule has 1 amide bonds. The molecule has 0 saturated heterocycles. The summed E-state index contributed by atoms with van der Waals surface area (Å²) in [5, 5.41) is 9.48. The molecule has 0 aliphatic carbocycles. The number of aromatic amines is 1. The zero-order valence-electron chi connectivity index (χ0n) is 9.03. The molecule has 0 bridgehead atoms. The molecule has 1 aromatic heterocycles. The summed E-state index contributed by atoms with van der Waals surface area (Å²) in [6.45, 7) is 0. The van der Waals surface area contributed by atoms with E-state index in [0.29, 0.717) is 22.2 Å². The monoisotopic (exact) mass is 251 g/mol. The number of nitrogens with one attached hydrogen (secondary N) is 2. The fraction of sp³-hybridized carbons (Fsp3) is 0.0909. The lowest BCUT2D eigenvalue weighted by molar-refractivity contribution is 0.102. The summed E-state index contributed by atoms with van der Waals surface area (Å²) in [5.74, 6) is 0.664. The second kappa shape index (κ2) is 4.88. The smallest absolute Gasteiger partial charge is 0.260 e. The number of methoxy groups -OCH3 is 1. The number of H-pyrrole nitrogens is 1. The number of nitrogens with zero attached hydrogens (tertiary/aromatic N) is 1. The highest BCUT2D eigenvalue weighted by Crippen LogP contribution is 2.23. The van der Waals surface area contributed by atoms with Crippen LogP contribution in [0.2, 0.25) is 5.02 Å². The van der Waals surface area contributed by atoms with Crippen molar-refractivity contribution in [1.82, 2.24) is 10.2 Å². The quantitative estimate of drug-likeness (QED) is 0.880. The minimum Gasteiger partial charge on any atom is -0.496 e. The molecule has 0 atom stereocenters. The number of aromatic nitrogens is 2. The van der Waals surface area contributed by atoms with Crippen LogP contribution in [-0.2, 0) is 0 Å². The van der Waals surface area contributed by atoms with E-state index in [1.165, 1.54) is 7.11 Å². The molecule has 6 heteroatoms. The van der Waals surface area contributed by atoms with E-state index in [9.17, 15) is 4.79 Å². The van der Waals surface area contributed by atoms with Crippen LogP contribution in [0.3, 0.4) is 0 Å². The van der Waals surface area contributed by atoms with Crippen molar-refractivity contribution in [2.45, 2.75) is 0 Å². The maximum absolute atomic E-state index is 11.9. The highest BCUT2D eigenvalue weighted by atomic mass is 35.5. The molecule has 0 saturated carbocycles. The topological polar surface area (TPSA) is 67.0 Å². The number of hydrogen-bond donors (Lipinski definition) is 2. The normalized spacial score (nSPS) is 10.0. The number of ether oxygens (including phenoxy) is 1. The second-order valence-corrected chi connectivity index (χ2v) is 3.71. The zero-order valence-corrected chi connectivity index (χ0v) is 9.78. The molecule has 88 valence electrons. The Morgan fingerprint density at radius 3 is 2.94 bits per heavy atom. The van der Waals surface area contributed by atoms with E-state index in [0.717, 1.165) is 0 Å². The van der Waals surface area contributed by atoms with Gasteiger partial charge in [0.25, 0.3) is 5.91 Å². The predicted octanol–water partition coefficient (Wildman–Crippen LogP) is 2.32. The van der Waals surface area contributed by atoms with Gasteiger partial charge in [-0.1, -0.05) is 11.6 Å². The summed E-state index contributed by atoms with van der Waals surface area (Å²) in [7, 11) is 1.50. The maximum Gasteiger partial charge on any atom is 0.260 e. The van der Waals surface area contributed by atoms with Crippen molar-refractivity contribution in [3.63, 3.8) is 0 Å². The van der Waals surface area contributed by atoms with Crippen LogP contribution < -0.4 is 10.1 Å². The molecule has 17 heavy (non-hydrogen) atoms. The van der Waals surface area contributed by atoms with Gasteiger partial charge in [-0.25, -0.2) is 0 Å². The number of carbonyl (C=O) groups excluding carboxylic acids is 1. The number of anilines is 1. The molecular formula is C11H10ClN3O2. The molecule has 2 N–H and O–H groups in total. The van der Waals surface area contributed by atoms with Crippen LogP contribution >= 0.6 is 11.6 Å². The van der Waals surface area contributed by atoms with Gasteiger partial charge in [0.2, 0.25) is 0 Å². The number of rotatable bonds is 3. The molecule has 0 unspecified atom stereocenters. The third kappa shape index (κ3) is 2.57. The first-order valence-corrected chi connectivity index (χ1v) is 5.23. The van der Waals surface area contributed by atoms with Crippen LogP contribution in [-0.4, -0.2) is 23.2 Å². The fourth-order valence-electron chi connectivity index (χ4n) is 1.37. The second-order valence-electron chi connectivity index (χ2n) is 3.27. The Hall–Kier alpha value is -2.01. The number of benzene rings is 1. The van der Waals surface area contributed by atoms with E-state index in [1.807, 2.05) is 0 Å². The third-order valence-corrected chi connectivity index (χ3v) is 2.39. The van der Waals surface area contributed by atoms with Crippen LogP contribution in [0.15, 0.2) is 30.5 Å². The standard InChI is InChI=1S/C11H10ClN3O2/c1-17-9-3-2-7(12)6-8(9)11(16)14-10-4-5-13-15-10/h2-6H,1H3,(H2,13,14,15,16). The van der Waals surface area contributed by atoms with Crippen molar-refractivity contribution in [3.05, 3.63) is 41.0 Å². The van der Waals surface area contributed by atoms with Crippen molar-refractivity contribution < 1.29 is 9.53 Å². The van der Waals surface area contributed by atoms with Gasteiger partial charge in [-0.2, -0.15) is 5.10 Å². The molecule has 0 aliphatic rings. The number of hydrogen-bond acceptors (Lipinski definition) is 3. The Balaban J connectivity index is 2.26. The number of amides is 1. The van der Waals surface area contributed by atoms with Gasteiger partial charge < -0.3 is 10.1 Å². The Bertz CT molecular complexity index is 526. The summed E-state index contributed by atoms with van der Waals surface area (Å²) in [5.41, 5.74) is 0.370. The molecule has 1 heterocycles. The summed E-state index contributed by atoms with van der Waals surface area (Å²) in [6.07, 6.45) is 1.55. The SMILES string of the molecule is COc1ccc(Cl)cc1C(=O)Nc1ccn[nH]1. The van der Waals surface area contributed by atoms with Gasteiger partial charge in [0.15, 0.2) is 0 Å². The van der Waals surface area contributed by atoms with Crippen LogP contribution in [0.25, 0.3) is 0 Å². The largest absolute Gasteiger partial charge is 0.496 e. The first-order valence-electron chi connectivity index (χ1n) is 4.85. The summed E-state index contributed by atoms with van der Waals surface area (Å²) >= 11 is 5.84. The van der Waals surface area contributed by atoms with Crippen LogP contribution in [0.5, 0.6) is 5.75 Å². The van der Waals surface area contributed by atoms with E-state index in [4.69, 9.17) is 16.3 Å². The Labute approximate surface area is 103 Å². The van der Waals surface area contributed by atoms with E-state index >= 15 is 0 Å². The van der Waals surface area contributed by atoms with E-state index in [-0.39, 0.29) is 5.91 Å². The third-order valence-electron chi connectivity index (χ3n) is 2.16. The summed E-state index contributed by atoms with van der Waals surface area (Å²) in [4.78, 5) is 11.9. The average Bonchev–Trinajstić information content (AvgIpc) is 2.81. The molecule has 2 rings (SSSR count). The Kier molecular flexibility index (Phi) is 3.30. The van der Waals surface area contributed by atoms with Crippen LogP contribution in [0.1, 0.15) is 10.4 Å². The molecule has 2 aromatic rings. The van der Waals surface area contributed by atoms with Gasteiger partial charge in [-0.3, -0.25) is 9.89 Å². The molecule has 0 radical (unpaired) electrons.